The minimum Gasteiger partial charge on any atom is -0.388 e. The molecule has 1 aromatic carbocycles. The number of benzene rings is 1. The number of hydrogen-bond donors (Lipinski definition) is 2. The van der Waals surface area contributed by atoms with Crippen molar-refractivity contribution in [1.29, 1.82) is 0 Å². The van der Waals surface area contributed by atoms with Gasteiger partial charge in [0, 0.05) is 19.3 Å². The molecule has 0 aliphatic heterocycles. The van der Waals surface area contributed by atoms with Crippen LogP contribution in [0.3, 0.4) is 0 Å². The quantitative estimate of drug-likeness (QED) is 0.734. The second-order valence-corrected chi connectivity index (χ2v) is 2.61. The third kappa shape index (κ3) is 3.47. The van der Waals surface area contributed by atoms with Gasteiger partial charge in [-0.3, -0.25) is 0 Å². The Morgan fingerprint density at radius 3 is 2.38 bits per heavy atom. The molecule has 0 saturated heterocycles. The zero-order chi connectivity index (χ0) is 10.3. The highest BCUT2D eigenvalue weighted by atomic mass is 14.8. The molecular formula is C11H20N2. The Bertz CT molecular complexity index is 244. The van der Waals surface area contributed by atoms with Crippen molar-refractivity contribution in [3.05, 3.63) is 29.3 Å². The van der Waals surface area contributed by atoms with Crippen LogP contribution in [0.2, 0.25) is 0 Å². The average molecular weight is 180 g/mol. The van der Waals surface area contributed by atoms with E-state index >= 15 is 0 Å². The summed E-state index contributed by atoms with van der Waals surface area (Å²) < 4.78 is 0. The number of anilines is 1. The largest absolute Gasteiger partial charge is 0.388 e. The molecule has 0 atom stereocenters. The highest BCUT2D eigenvalue weighted by Gasteiger charge is 1.97. The van der Waals surface area contributed by atoms with Crippen LogP contribution >= 0.6 is 0 Å². The molecule has 0 unspecified atom stereocenters. The Morgan fingerprint density at radius 2 is 1.92 bits per heavy atom. The first-order valence-electron chi connectivity index (χ1n) is 4.75. The van der Waals surface area contributed by atoms with E-state index in [1.807, 2.05) is 20.9 Å². The number of aryl methyl sites for hydroxylation is 1. The molecule has 0 bridgehead atoms. The van der Waals surface area contributed by atoms with Gasteiger partial charge in [0.25, 0.3) is 0 Å². The van der Waals surface area contributed by atoms with E-state index in [1.54, 1.807) is 0 Å². The minimum absolute atomic E-state index is 0.595. The van der Waals surface area contributed by atoms with Gasteiger partial charge in [-0.15, -0.1) is 0 Å². The second kappa shape index (κ2) is 6.49. The first-order valence-corrected chi connectivity index (χ1v) is 4.75. The lowest BCUT2D eigenvalue weighted by molar-refractivity contribution is 1.07. The van der Waals surface area contributed by atoms with Gasteiger partial charge >= 0.3 is 0 Å². The number of rotatable bonds is 2. The molecule has 0 aromatic heterocycles. The molecule has 0 fully saturated rings. The fraction of sp³-hybridized carbons (Fsp3) is 0.455. The van der Waals surface area contributed by atoms with Crippen LogP contribution in [-0.2, 0) is 6.54 Å². The summed E-state index contributed by atoms with van der Waals surface area (Å²) in [5.41, 5.74) is 9.11. The zero-order valence-corrected chi connectivity index (χ0v) is 9.02. The molecule has 0 aliphatic rings. The van der Waals surface area contributed by atoms with Crippen LogP contribution in [0.15, 0.2) is 18.2 Å². The Balaban J connectivity index is 0.000000671. The van der Waals surface area contributed by atoms with Gasteiger partial charge in [0.05, 0.1) is 0 Å². The highest BCUT2D eigenvalue weighted by Crippen LogP contribution is 2.15. The molecule has 74 valence electrons. The molecule has 3 N–H and O–H groups in total. The van der Waals surface area contributed by atoms with Crippen LogP contribution in [0, 0.1) is 6.92 Å². The standard InChI is InChI=1S/C9H14N2.C2H6/c1-7-3-4-9(11-2)8(5-7)6-10;1-2/h3-5,11H,6,10H2,1-2H3;1-2H3. The molecule has 2 nitrogen and oxygen atoms in total. The first kappa shape index (κ1) is 12.0. The van der Waals surface area contributed by atoms with Crippen LogP contribution in [0.5, 0.6) is 0 Å². The summed E-state index contributed by atoms with van der Waals surface area (Å²) in [6.07, 6.45) is 0. The normalized spacial score (nSPS) is 8.69. The molecule has 1 rings (SSSR count). The Labute approximate surface area is 81.2 Å². The average Bonchev–Trinajstić information content (AvgIpc) is 2.20. The van der Waals surface area contributed by atoms with Crippen LogP contribution in [-0.4, -0.2) is 7.05 Å². The predicted molar refractivity (Wildman–Crippen MR) is 60.0 cm³/mol. The summed E-state index contributed by atoms with van der Waals surface area (Å²) >= 11 is 0. The molecule has 2 heteroatoms. The lowest BCUT2D eigenvalue weighted by Crippen LogP contribution is -2.01. The fourth-order valence-corrected chi connectivity index (χ4v) is 1.14. The summed E-state index contributed by atoms with van der Waals surface area (Å²) in [6.45, 7) is 6.66. The van der Waals surface area contributed by atoms with E-state index in [2.05, 4.69) is 30.4 Å². The van der Waals surface area contributed by atoms with Crippen molar-refractivity contribution in [2.24, 2.45) is 5.73 Å². The van der Waals surface area contributed by atoms with Crippen molar-refractivity contribution in [3.63, 3.8) is 0 Å². The van der Waals surface area contributed by atoms with E-state index in [9.17, 15) is 0 Å². The summed E-state index contributed by atoms with van der Waals surface area (Å²) in [5.74, 6) is 0. The van der Waals surface area contributed by atoms with Gasteiger partial charge in [0.2, 0.25) is 0 Å². The van der Waals surface area contributed by atoms with E-state index in [-0.39, 0.29) is 0 Å². The van der Waals surface area contributed by atoms with Crippen molar-refractivity contribution >= 4 is 5.69 Å². The molecule has 0 saturated carbocycles. The third-order valence-electron chi connectivity index (χ3n) is 1.75. The van der Waals surface area contributed by atoms with Gasteiger partial charge in [-0.2, -0.15) is 0 Å². The highest BCUT2D eigenvalue weighted by molar-refractivity contribution is 5.51. The van der Waals surface area contributed by atoms with Crippen LogP contribution in [0.25, 0.3) is 0 Å². The molecule has 0 spiro atoms. The number of hydrogen-bond acceptors (Lipinski definition) is 2. The lowest BCUT2D eigenvalue weighted by Gasteiger charge is -2.07. The Kier molecular flexibility index (Phi) is 5.98. The molecule has 0 heterocycles. The second-order valence-electron chi connectivity index (χ2n) is 2.61. The van der Waals surface area contributed by atoms with Crippen molar-refractivity contribution < 1.29 is 0 Å². The van der Waals surface area contributed by atoms with Crippen molar-refractivity contribution in [2.75, 3.05) is 12.4 Å². The number of nitrogens with two attached hydrogens (primary N) is 1. The number of nitrogens with one attached hydrogen (secondary N) is 1. The molecular weight excluding hydrogens is 160 g/mol. The van der Waals surface area contributed by atoms with Crippen molar-refractivity contribution in [2.45, 2.75) is 27.3 Å². The van der Waals surface area contributed by atoms with Crippen LogP contribution < -0.4 is 11.1 Å². The SMILES string of the molecule is CC.CNc1ccc(C)cc1CN. The predicted octanol–water partition coefficient (Wildman–Crippen LogP) is 2.52. The minimum atomic E-state index is 0.595. The molecule has 0 aliphatic carbocycles. The van der Waals surface area contributed by atoms with Crippen LogP contribution in [0.4, 0.5) is 5.69 Å². The van der Waals surface area contributed by atoms with Gasteiger partial charge in [0.1, 0.15) is 0 Å². The van der Waals surface area contributed by atoms with Crippen molar-refractivity contribution in [1.82, 2.24) is 0 Å². The molecule has 0 radical (unpaired) electrons. The lowest BCUT2D eigenvalue weighted by atomic mass is 10.1. The maximum atomic E-state index is 5.56. The summed E-state index contributed by atoms with van der Waals surface area (Å²) in [5, 5.41) is 3.09. The summed E-state index contributed by atoms with van der Waals surface area (Å²) in [4.78, 5) is 0. The maximum absolute atomic E-state index is 5.56. The van der Waals surface area contributed by atoms with Crippen molar-refractivity contribution in [3.8, 4) is 0 Å². The van der Waals surface area contributed by atoms with Gasteiger partial charge < -0.3 is 11.1 Å². The Hall–Kier alpha value is -1.02. The van der Waals surface area contributed by atoms with Gasteiger partial charge in [-0.1, -0.05) is 31.5 Å². The van der Waals surface area contributed by atoms with Gasteiger partial charge in [0.15, 0.2) is 0 Å². The van der Waals surface area contributed by atoms with Gasteiger partial charge in [-0.05, 0) is 18.6 Å². The smallest absolute Gasteiger partial charge is 0.0383 e. The fourth-order valence-electron chi connectivity index (χ4n) is 1.14. The van der Waals surface area contributed by atoms with E-state index in [0.29, 0.717) is 6.54 Å². The monoisotopic (exact) mass is 180 g/mol. The first-order chi connectivity index (χ1) is 6.27. The van der Waals surface area contributed by atoms with Crippen LogP contribution in [0.1, 0.15) is 25.0 Å². The molecule has 13 heavy (non-hydrogen) atoms. The summed E-state index contributed by atoms with van der Waals surface area (Å²) in [7, 11) is 1.91. The summed E-state index contributed by atoms with van der Waals surface area (Å²) in [6, 6.07) is 6.23. The Morgan fingerprint density at radius 1 is 1.31 bits per heavy atom. The topological polar surface area (TPSA) is 38.0 Å². The third-order valence-corrected chi connectivity index (χ3v) is 1.75. The van der Waals surface area contributed by atoms with E-state index in [0.717, 1.165) is 5.69 Å². The van der Waals surface area contributed by atoms with E-state index in [1.165, 1.54) is 11.1 Å². The molecule has 1 aromatic rings. The zero-order valence-electron chi connectivity index (χ0n) is 9.02. The molecule has 0 amide bonds. The van der Waals surface area contributed by atoms with E-state index < -0.39 is 0 Å². The van der Waals surface area contributed by atoms with E-state index in [4.69, 9.17) is 5.73 Å². The van der Waals surface area contributed by atoms with Gasteiger partial charge in [-0.25, -0.2) is 0 Å². The maximum Gasteiger partial charge on any atom is 0.0383 e.